The lowest BCUT2D eigenvalue weighted by molar-refractivity contribution is -0.161. The summed E-state index contributed by atoms with van der Waals surface area (Å²) in [6.07, 6.45) is 1.60. The third-order valence-electron chi connectivity index (χ3n) is 4.60. The molecule has 2 aliphatic heterocycles. The molecule has 0 aromatic heterocycles. The highest BCUT2D eigenvalue weighted by Gasteiger charge is 2.47. The highest BCUT2D eigenvalue weighted by Crippen LogP contribution is 2.32. The lowest BCUT2D eigenvalue weighted by Crippen LogP contribution is -2.62. The number of piperazine rings is 1. The summed E-state index contributed by atoms with van der Waals surface area (Å²) in [5.74, 6) is -0.345. The van der Waals surface area contributed by atoms with Crippen LogP contribution in [0.25, 0.3) is 0 Å². The van der Waals surface area contributed by atoms with Crippen molar-refractivity contribution >= 4 is 11.8 Å². The second-order valence-electron chi connectivity index (χ2n) is 5.84. The quantitative estimate of drug-likeness (QED) is 0.837. The summed E-state index contributed by atoms with van der Waals surface area (Å²) in [5.41, 5.74) is 0.717. The third-order valence-corrected chi connectivity index (χ3v) is 4.60. The average molecular weight is 290 g/mol. The number of amides is 2. The molecular formula is C16H19FN2O2. The maximum Gasteiger partial charge on any atom is 0.246 e. The first-order valence-electron chi connectivity index (χ1n) is 7.39. The minimum atomic E-state index is -0.495. The van der Waals surface area contributed by atoms with E-state index in [1.54, 1.807) is 28.9 Å². The average Bonchev–Trinajstić information content (AvgIpc) is 2.95. The zero-order chi connectivity index (χ0) is 15.1. The zero-order valence-corrected chi connectivity index (χ0v) is 12.3. The van der Waals surface area contributed by atoms with Gasteiger partial charge < -0.3 is 9.80 Å². The number of nitrogens with zero attached hydrogens (tertiary/aromatic N) is 2. The van der Waals surface area contributed by atoms with E-state index in [1.807, 2.05) is 6.92 Å². The maximum absolute atomic E-state index is 13.4. The first-order chi connectivity index (χ1) is 10.0. The monoisotopic (exact) mass is 290 g/mol. The molecule has 2 heterocycles. The van der Waals surface area contributed by atoms with Crippen LogP contribution in [0.15, 0.2) is 24.3 Å². The van der Waals surface area contributed by atoms with Gasteiger partial charge in [-0.15, -0.1) is 0 Å². The van der Waals surface area contributed by atoms with E-state index in [1.165, 1.54) is 12.1 Å². The largest absolute Gasteiger partial charge is 0.329 e. The Morgan fingerprint density at radius 1 is 1.29 bits per heavy atom. The summed E-state index contributed by atoms with van der Waals surface area (Å²) < 4.78 is 13.4. The van der Waals surface area contributed by atoms with Crippen molar-refractivity contribution in [3.63, 3.8) is 0 Å². The number of halogens is 1. The predicted molar refractivity (Wildman–Crippen MR) is 75.9 cm³/mol. The molecule has 1 aromatic rings. The SMILES string of the molecule is CC1C(=O)N2CCCC2C(=O)N1C(C)c1cccc(F)c1. The van der Waals surface area contributed by atoms with Gasteiger partial charge in [-0.2, -0.15) is 0 Å². The Kier molecular flexibility index (Phi) is 3.43. The lowest BCUT2D eigenvalue weighted by atomic mass is 9.99. The summed E-state index contributed by atoms with van der Waals surface area (Å²) in [6.45, 7) is 4.27. The molecule has 1 aromatic carbocycles. The zero-order valence-electron chi connectivity index (χ0n) is 12.3. The predicted octanol–water partition coefficient (Wildman–Crippen LogP) is 2.11. The Morgan fingerprint density at radius 2 is 2.05 bits per heavy atom. The van der Waals surface area contributed by atoms with Crippen LogP contribution in [-0.4, -0.2) is 40.2 Å². The molecule has 0 radical (unpaired) electrons. The molecule has 3 unspecified atom stereocenters. The van der Waals surface area contributed by atoms with Crippen LogP contribution in [0.1, 0.15) is 38.3 Å². The van der Waals surface area contributed by atoms with Crippen molar-refractivity contribution in [1.29, 1.82) is 0 Å². The molecular weight excluding hydrogens is 271 g/mol. The molecule has 21 heavy (non-hydrogen) atoms. The van der Waals surface area contributed by atoms with E-state index >= 15 is 0 Å². The van der Waals surface area contributed by atoms with Crippen LogP contribution in [0.3, 0.4) is 0 Å². The van der Waals surface area contributed by atoms with Crippen molar-refractivity contribution in [2.24, 2.45) is 0 Å². The standard InChI is InChI=1S/C16H19FN2O2/c1-10(12-5-3-6-13(17)9-12)19-11(2)15(20)18-8-4-7-14(18)16(19)21/h3,5-6,9-11,14H,4,7-8H2,1-2H3. The molecule has 112 valence electrons. The summed E-state index contributed by atoms with van der Waals surface area (Å²) in [7, 11) is 0. The lowest BCUT2D eigenvalue weighted by Gasteiger charge is -2.44. The summed E-state index contributed by atoms with van der Waals surface area (Å²) in [4.78, 5) is 28.4. The molecule has 0 aliphatic carbocycles. The molecule has 0 N–H and O–H groups in total. The minimum Gasteiger partial charge on any atom is -0.329 e. The van der Waals surface area contributed by atoms with E-state index in [9.17, 15) is 14.0 Å². The molecule has 0 spiro atoms. The van der Waals surface area contributed by atoms with Crippen LogP contribution in [0.5, 0.6) is 0 Å². The van der Waals surface area contributed by atoms with Gasteiger partial charge in [-0.05, 0) is 44.4 Å². The number of carbonyl (C=O) groups excluding carboxylic acids is 2. The molecule has 2 aliphatic rings. The van der Waals surface area contributed by atoms with Gasteiger partial charge in [0.2, 0.25) is 11.8 Å². The van der Waals surface area contributed by atoms with Gasteiger partial charge in [0.1, 0.15) is 17.9 Å². The third kappa shape index (κ3) is 2.20. The topological polar surface area (TPSA) is 40.6 Å². The van der Waals surface area contributed by atoms with Gasteiger partial charge in [-0.3, -0.25) is 9.59 Å². The molecule has 2 saturated heterocycles. The number of benzene rings is 1. The second-order valence-corrected chi connectivity index (χ2v) is 5.84. The molecule has 2 amide bonds. The molecule has 2 fully saturated rings. The number of carbonyl (C=O) groups is 2. The highest BCUT2D eigenvalue weighted by atomic mass is 19.1. The van der Waals surface area contributed by atoms with E-state index in [0.717, 1.165) is 18.4 Å². The van der Waals surface area contributed by atoms with E-state index in [-0.39, 0.29) is 29.7 Å². The summed E-state index contributed by atoms with van der Waals surface area (Å²) in [5, 5.41) is 0. The summed E-state index contributed by atoms with van der Waals surface area (Å²) >= 11 is 0. The molecule has 3 atom stereocenters. The minimum absolute atomic E-state index is 0.000327. The van der Waals surface area contributed by atoms with Gasteiger partial charge in [0.15, 0.2) is 0 Å². The Bertz CT molecular complexity index is 589. The van der Waals surface area contributed by atoms with Crippen LogP contribution in [0.4, 0.5) is 4.39 Å². The van der Waals surface area contributed by atoms with E-state index in [0.29, 0.717) is 6.54 Å². The van der Waals surface area contributed by atoms with Crippen LogP contribution in [-0.2, 0) is 9.59 Å². The van der Waals surface area contributed by atoms with Crippen LogP contribution >= 0.6 is 0 Å². The molecule has 5 heteroatoms. The first-order valence-corrected chi connectivity index (χ1v) is 7.39. The summed E-state index contributed by atoms with van der Waals surface area (Å²) in [6, 6.07) is 5.09. The second kappa shape index (κ2) is 5.13. The molecule has 0 saturated carbocycles. The van der Waals surface area contributed by atoms with Gasteiger partial charge >= 0.3 is 0 Å². The van der Waals surface area contributed by atoms with Crippen molar-refractivity contribution in [2.75, 3.05) is 6.54 Å². The van der Waals surface area contributed by atoms with E-state index in [2.05, 4.69) is 0 Å². The molecule has 4 nitrogen and oxygen atoms in total. The number of hydrogen-bond acceptors (Lipinski definition) is 2. The van der Waals surface area contributed by atoms with Crippen LogP contribution in [0, 0.1) is 5.82 Å². The van der Waals surface area contributed by atoms with Crippen molar-refractivity contribution in [1.82, 2.24) is 9.80 Å². The van der Waals surface area contributed by atoms with Gasteiger partial charge in [0.25, 0.3) is 0 Å². The number of rotatable bonds is 2. The molecule has 3 rings (SSSR count). The van der Waals surface area contributed by atoms with Crippen LogP contribution < -0.4 is 0 Å². The van der Waals surface area contributed by atoms with Gasteiger partial charge in [0, 0.05) is 6.54 Å². The number of fused-ring (bicyclic) bond motifs is 1. The first kappa shape index (κ1) is 14.0. The van der Waals surface area contributed by atoms with Gasteiger partial charge in [-0.25, -0.2) is 4.39 Å². The fourth-order valence-corrected chi connectivity index (χ4v) is 3.46. The Labute approximate surface area is 123 Å². The van der Waals surface area contributed by atoms with E-state index < -0.39 is 6.04 Å². The van der Waals surface area contributed by atoms with E-state index in [4.69, 9.17) is 0 Å². The maximum atomic E-state index is 13.4. The van der Waals surface area contributed by atoms with Crippen LogP contribution in [0.2, 0.25) is 0 Å². The normalized spacial score (nSPS) is 27.0. The Balaban J connectivity index is 1.93. The van der Waals surface area contributed by atoms with Crippen molar-refractivity contribution in [2.45, 2.75) is 44.8 Å². The number of hydrogen-bond donors (Lipinski definition) is 0. The van der Waals surface area contributed by atoms with Crippen molar-refractivity contribution in [3.05, 3.63) is 35.6 Å². The fourth-order valence-electron chi connectivity index (χ4n) is 3.46. The smallest absolute Gasteiger partial charge is 0.246 e. The Morgan fingerprint density at radius 3 is 2.76 bits per heavy atom. The highest BCUT2D eigenvalue weighted by molar-refractivity contribution is 5.97. The van der Waals surface area contributed by atoms with Crippen molar-refractivity contribution in [3.8, 4) is 0 Å². The van der Waals surface area contributed by atoms with Gasteiger partial charge in [-0.1, -0.05) is 12.1 Å². The van der Waals surface area contributed by atoms with Gasteiger partial charge in [0.05, 0.1) is 6.04 Å². The Hall–Kier alpha value is -1.91. The van der Waals surface area contributed by atoms with Crippen molar-refractivity contribution < 1.29 is 14.0 Å². The fraction of sp³-hybridized carbons (Fsp3) is 0.500. The molecule has 0 bridgehead atoms.